The van der Waals surface area contributed by atoms with Gasteiger partial charge in [0, 0.05) is 18.0 Å². The molecule has 2 fully saturated rings. The van der Waals surface area contributed by atoms with Crippen molar-refractivity contribution in [1.29, 1.82) is 0 Å². The Bertz CT molecular complexity index is 409. The van der Waals surface area contributed by atoms with Gasteiger partial charge in [-0.15, -0.1) is 11.8 Å². The van der Waals surface area contributed by atoms with E-state index in [9.17, 15) is 9.90 Å². The molecular formula is C13H20N2O3S. The van der Waals surface area contributed by atoms with Crippen LogP contribution in [-0.2, 0) is 9.53 Å². The molecule has 0 unspecified atom stereocenters. The molecule has 0 aromatic heterocycles. The van der Waals surface area contributed by atoms with Gasteiger partial charge in [-0.05, 0) is 19.8 Å². The Morgan fingerprint density at radius 2 is 2.42 bits per heavy atom. The van der Waals surface area contributed by atoms with Crippen LogP contribution in [0.3, 0.4) is 0 Å². The fourth-order valence-corrected chi connectivity index (χ4v) is 3.73. The summed E-state index contributed by atoms with van der Waals surface area (Å²) >= 11 is 1.62. The van der Waals surface area contributed by atoms with Crippen molar-refractivity contribution in [1.82, 2.24) is 9.80 Å². The van der Waals surface area contributed by atoms with Gasteiger partial charge < -0.3 is 19.6 Å². The summed E-state index contributed by atoms with van der Waals surface area (Å²) in [7, 11) is 0. The molecule has 19 heavy (non-hydrogen) atoms. The number of carbonyl (C=O) groups is 1. The molecule has 1 atom stereocenters. The summed E-state index contributed by atoms with van der Waals surface area (Å²) in [6.45, 7) is 4.18. The first-order valence-electron chi connectivity index (χ1n) is 6.77. The number of amides is 1. The number of β-amino-alcohol motifs (C(OH)–C–C–N with tert-alkyl or cyclic N) is 1. The highest BCUT2D eigenvalue weighted by Crippen LogP contribution is 2.30. The number of hydrogen-bond donors (Lipinski definition) is 1. The lowest BCUT2D eigenvalue weighted by Crippen LogP contribution is -2.57. The number of hydrogen-bond acceptors (Lipinski definition) is 5. The smallest absolute Gasteiger partial charge is 0.270 e. The van der Waals surface area contributed by atoms with Crippen molar-refractivity contribution in [2.45, 2.75) is 31.4 Å². The first kappa shape index (κ1) is 13.3. The summed E-state index contributed by atoms with van der Waals surface area (Å²) in [6.07, 6.45) is 2.18. The number of rotatable bonds is 3. The Kier molecular flexibility index (Phi) is 3.49. The fourth-order valence-electron chi connectivity index (χ4n) is 2.83. The molecule has 0 saturated carbocycles. The van der Waals surface area contributed by atoms with Gasteiger partial charge in [0.15, 0.2) is 0 Å². The van der Waals surface area contributed by atoms with Crippen LogP contribution >= 0.6 is 11.8 Å². The summed E-state index contributed by atoms with van der Waals surface area (Å²) in [6, 6.07) is 0.330. The van der Waals surface area contributed by atoms with Gasteiger partial charge in [0.1, 0.15) is 11.3 Å². The van der Waals surface area contributed by atoms with Gasteiger partial charge >= 0.3 is 0 Å². The van der Waals surface area contributed by atoms with Gasteiger partial charge in [0.2, 0.25) is 0 Å². The number of ether oxygens (including phenoxy) is 1. The molecule has 0 aromatic carbocycles. The zero-order chi connectivity index (χ0) is 13.5. The summed E-state index contributed by atoms with van der Waals surface area (Å²) in [5.74, 6) is 0.852. The molecule has 3 aliphatic rings. The largest absolute Gasteiger partial charge is 0.383 e. The summed E-state index contributed by atoms with van der Waals surface area (Å²) in [5, 5.41) is 12.1. The van der Waals surface area contributed by atoms with Crippen LogP contribution in [0.15, 0.2) is 11.1 Å². The second kappa shape index (κ2) is 5.00. The lowest BCUT2D eigenvalue weighted by atomic mass is 10.0. The molecule has 1 N–H and O–H groups in total. The molecule has 106 valence electrons. The standard InChI is InChI=1S/C13H20N2O3S/c1-10-3-2-4-15(10)12(16)11-5-19-9-14(11)6-13(17)7-18-8-13/h5,10,17H,2-4,6-9H2,1H3/t10-/m0/s1. The van der Waals surface area contributed by atoms with Crippen LogP contribution in [-0.4, -0.2) is 64.6 Å². The van der Waals surface area contributed by atoms with Gasteiger partial charge in [-0.2, -0.15) is 0 Å². The van der Waals surface area contributed by atoms with Crippen molar-refractivity contribution in [3.63, 3.8) is 0 Å². The Morgan fingerprint density at radius 3 is 3.00 bits per heavy atom. The van der Waals surface area contributed by atoms with Gasteiger partial charge in [-0.1, -0.05) is 0 Å². The third-order valence-corrected chi connectivity index (χ3v) is 4.88. The van der Waals surface area contributed by atoms with E-state index in [1.165, 1.54) is 0 Å². The lowest BCUT2D eigenvalue weighted by molar-refractivity contribution is -0.184. The monoisotopic (exact) mass is 284 g/mol. The van der Waals surface area contributed by atoms with Crippen molar-refractivity contribution in [3.05, 3.63) is 11.1 Å². The van der Waals surface area contributed by atoms with Crippen LogP contribution in [0.2, 0.25) is 0 Å². The molecule has 6 heteroatoms. The maximum absolute atomic E-state index is 12.6. The maximum atomic E-state index is 12.6. The van der Waals surface area contributed by atoms with Crippen molar-refractivity contribution < 1.29 is 14.6 Å². The zero-order valence-electron chi connectivity index (χ0n) is 11.2. The highest BCUT2D eigenvalue weighted by Gasteiger charge is 2.41. The maximum Gasteiger partial charge on any atom is 0.270 e. The Morgan fingerprint density at radius 1 is 1.63 bits per heavy atom. The fraction of sp³-hybridized carbons (Fsp3) is 0.769. The molecule has 0 aliphatic carbocycles. The van der Waals surface area contributed by atoms with Crippen LogP contribution in [0.4, 0.5) is 0 Å². The summed E-state index contributed by atoms with van der Waals surface area (Å²) in [5.41, 5.74) is -0.0416. The van der Waals surface area contributed by atoms with E-state index in [-0.39, 0.29) is 5.91 Å². The first-order chi connectivity index (χ1) is 9.09. The molecule has 0 aromatic rings. The SMILES string of the molecule is C[C@H]1CCCN1C(=O)C1=CSCN1CC1(O)COC1. The van der Waals surface area contributed by atoms with E-state index in [4.69, 9.17) is 4.74 Å². The summed E-state index contributed by atoms with van der Waals surface area (Å²) in [4.78, 5) is 16.5. The van der Waals surface area contributed by atoms with E-state index >= 15 is 0 Å². The molecule has 3 aliphatic heterocycles. The minimum atomic E-state index is -0.777. The van der Waals surface area contributed by atoms with Crippen molar-refractivity contribution in [2.24, 2.45) is 0 Å². The van der Waals surface area contributed by atoms with E-state index in [0.717, 1.165) is 31.0 Å². The molecule has 2 saturated heterocycles. The molecule has 3 heterocycles. The highest BCUT2D eigenvalue weighted by atomic mass is 32.2. The highest BCUT2D eigenvalue weighted by molar-refractivity contribution is 8.02. The van der Waals surface area contributed by atoms with Gasteiger partial charge in [-0.25, -0.2) is 0 Å². The third kappa shape index (κ3) is 2.49. The zero-order valence-corrected chi connectivity index (χ0v) is 12.0. The predicted octanol–water partition coefficient (Wildman–Crippen LogP) is 0.606. The van der Waals surface area contributed by atoms with Crippen LogP contribution in [0, 0.1) is 0 Å². The third-order valence-electron chi connectivity index (χ3n) is 4.03. The van der Waals surface area contributed by atoms with Crippen molar-refractivity contribution in [2.75, 3.05) is 32.2 Å². The minimum absolute atomic E-state index is 0.110. The second-order valence-corrected chi connectivity index (χ2v) is 6.53. The van der Waals surface area contributed by atoms with E-state index < -0.39 is 5.60 Å². The Labute approximate surface area is 117 Å². The minimum Gasteiger partial charge on any atom is -0.383 e. The van der Waals surface area contributed by atoms with Crippen molar-refractivity contribution in [3.8, 4) is 0 Å². The first-order valence-corrected chi connectivity index (χ1v) is 7.82. The van der Waals surface area contributed by atoms with E-state index in [2.05, 4.69) is 6.92 Å². The average molecular weight is 284 g/mol. The predicted molar refractivity (Wildman–Crippen MR) is 73.4 cm³/mol. The number of thioether (sulfide) groups is 1. The van der Waals surface area contributed by atoms with Crippen LogP contribution in [0.25, 0.3) is 0 Å². The van der Waals surface area contributed by atoms with Crippen LogP contribution in [0.1, 0.15) is 19.8 Å². The summed E-state index contributed by atoms with van der Waals surface area (Å²) < 4.78 is 5.06. The van der Waals surface area contributed by atoms with Gasteiger partial charge in [0.05, 0.1) is 25.6 Å². The number of aliphatic hydroxyl groups is 1. The molecule has 0 spiro atoms. The normalized spacial score (nSPS) is 29.4. The molecule has 5 nitrogen and oxygen atoms in total. The average Bonchev–Trinajstić information content (AvgIpc) is 2.95. The topological polar surface area (TPSA) is 53.0 Å². The molecule has 0 radical (unpaired) electrons. The van der Waals surface area contributed by atoms with Gasteiger partial charge in [0.25, 0.3) is 5.91 Å². The molecular weight excluding hydrogens is 264 g/mol. The molecule has 3 rings (SSSR count). The number of likely N-dealkylation sites (tertiary alicyclic amines) is 1. The Balaban J connectivity index is 1.67. The lowest BCUT2D eigenvalue weighted by Gasteiger charge is -2.40. The number of carbonyl (C=O) groups excluding carboxylic acids is 1. The van der Waals surface area contributed by atoms with Gasteiger partial charge in [-0.3, -0.25) is 4.79 Å². The van der Waals surface area contributed by atoms with Crippen LogP contribution in [0.5, 0.6) is 0 Å². The molecule has 1 amide bonds. The van der Waals surface area contributed by atoms with E-state index in [1.807, 2.05) is 15.2 Å². The van der Waals surface area contributed by atoms with E-state index in [0.29, 0.717) is 25.8 Å². The van der Waals surface area contributed by atoms with Crippen LogP contribution < -0.4 is 0 Å². The Hall–Kier alpha value is -0.720. The van der Waals surface area contributed by atoms with Crippen molar-refractivity contribution >= 4 is 17.7 Å². The quantitative estimate of drug-likeness (QED) is 0.823. The van der Waals surface area contributed by atoms with E-state index in [1.54, 1.807) is 11.8 Å². The molecule has 0 bridgehead atoms. The number of nitrogens with zero attached hydrogens (tertiary/aromatic N) is 2. The second-order valence-electron chi connectivity index (χ2n) is 5.70.